The van der Waals surface area contributed by atoms with E-state index in [9.17, 15) is 19.5 Å². The van der Waals surface area contributed by atoms with Crippen LogP contribution in [0.3, 0.4) is 0 Å². The average molecular weight is 462 g/mol. The fraction of sp³-hybridized carbons (Fsp3) is 0.280. The van der Waals surface area contributed by atoms with Crippen LogP contribution in [0.4, 0.5) is 17.1 Å². The van der Waals surface area contributed by atoms with Crippen LogP contribution >= 0.6 is 0 Å². The quantitative estimate of drug-likeness (QED) is 0.583. The van der Waals surface area contributed by atoms with Crippen molar-refractivity contribution in [3.63, 3.8) is 0 Å². The van der Waals surface area contributed by atoms with Crippen LogP contribution in [0.1, 0.15) is 31.2 Å². The molecule has 2 aliphatic heterocycles. The van der Waals surface area contributed by atoms with Crippen LogP contribution in [0.25, 0.3) is 0 Å². The van der Waals surface area contributed by atoms with Gasteiger partial charge in [-0.1, -0.05) is 12.1 Å². The van der Waals surface area contributed by atoms with E-state index in [0.717, 1.165) is 18.5 Å². The van der Waals surface area contributed by atoms with Crippen molar-refractivity contribution in [3.8, 4) is 0 Å². The monoisotopic (exact) mass is 461 g/mol. The predicted octanol–water partition coefficient (Wildman–Crippen LogP) is 1.90. The summed E-state index contributed by atoms with van der Waals surface area (Å²) < 4.78 is 0. The Morgan fingerprint density at radius 3 is 2.12 bits per heavy atom. The molecule has 9 nitrogen and oxygen atoms in total. The normalized spacial score (nSPS) is 19.5. The molecule has 0 aliphatic carbocycles. The van der Waals surface area contributed by atoms with Gasteiger partial charge in [-0.2, -0.15) is 0 Å². The average Bonchev–Trinajstić information content (AvgIpc) is 2.85. The van der Waals surface area contributed by atoms with E-state index in [4.69, 9.17) is 11.5 Å². The summed E-state index contributed by atoms with van der Waals surface area (Å²) in [6.45, 7) is 0.877. The minimum atomic E-state index is -0.810. The van der Waals surface area contributed by atoms with Crippen LogP contribution in [0.2, 0.25) is 0 Å². The lowest BCUT2D eigenvalue weighted by Crippen LogP contribution is -2.44. The molecule has 0 unspecified atom stereocenters. The molecule has 3 amide bonds. The Hall–Kier alpha value is -3.98. The Morgan fingerprint density at radius 1 is 0.882 bits per heavy atom. The van der Waals surface area contributed by atoms with E-state index in [0.29, 0.717) is 48.4 Å². The van der Waals surface area contributed by atoms with Crippen molar-refractivity contribution >= 4 is 40.5 Å². The summed E-state index contributed by atoms with van der Waals surface area (Å²) in [5.41, 5.74) is 14.1. The Labute approximate surface area is 197 Å². The molecule has 2 aromatic rings. The first-order valence-electron chi connectivity index (χ1n) is 11.2. The first-order chi connectivity index (χ1) is 16.4. The van der Waals surface area contributed by atoms with Crippen molar-refractivity contribution in [2.75, 3.05) is 22.9 Å². The molecule has 0 bridgehead atoms. The Bertz CT molecular complexity index is 1170. The van der Waals surface area contributed by atoms with Crippen molar-refractivity contribution in [1.82, 2.24) is 0 Å². The van der Waals surface area contributed by atoms with E-state index in [1.54, 1.807) is 46.2 Å². The second kappa shape index (κ2) is 9.88. The van der Waals surface area contributed by atoms with Gasteiger partial charge in [0.1, 0.15) is 11.4 Å². The number of aliphatic imine (C=N–C) groups is 1. The molecule has 9 heteroatoms. The molecule has 2 saturated heterocycles. The van der Waals surface area contributed by atoms with Gasteiger partial charge >= 0.3 is 0 Å². The molecule has 0 saturated carbocycles. The van der Waals surface area contributed by atoms with Crippen LogP contribution in [0.5, 0.6) is 0 Å². The van der Waals surface area contributed by atoms with Gasteiger partial charge in [-0.05, 0) is 61.2 Å². The first kappa shape index (κ1) is 23.2. The molecule has 0 spiro atoms. The summed E-state index contributed by atoms with van der Waals surface area (Å²) in [6, 6.07) is 14.0. The molecule has 2 heterocycles. The number of rotatable bonds is 5. The van der Waals surface area contributed by atoms with E-state index in [2.05, 4.69) is 4.99 Å². The number of benzene rings is 2. The number of hydrogen-bond donors (Lipinski definition) is 3. The van der Waals surface area contributed by atoms with Crippen LogP contribution in [-0.4, -0.2) is 41.6 Å². The summed E-state index contributed by atoms with van der Waals surface area (Å²) in [4.78, 5) is 45.3. The number of aliphatic hydroxyl groups is 1. The second-order valence-electron chi connectivity index (χ2n) is 8.27. The Kier molecular flexibility index (Phi) is 6.74. The number of hydrogen-bond acceptors (Lipinski definition) is 6. The van der Waals surface area contributed by atoms with Crippen molar-refractivity contribution in [1.29, 1.82) is 0 Å². The molecular formula is C25H27N5O4. The summed E-state index contributed by atoms with van der Waals surface area (Å²) >= 11 is 0. The molecule has 4 rings (SSSR count). The van der Waals surface area contributed by atoms with Crippen LogP contribution in [0.15, 0.2) is 64.8 Å². The van der Waals surface area contributed by atoms with Gasteiger partial charge in [-0.3, -0.25) is 14.4 Å². The summed E-state index contributed by atoms with van der Waals surface area (Å²) in [5, 5.41) is 9.25. The molecule has 2 aromatic carbocycles. The van der Waals surface area contributed by atoms with Crippen LogP contribution < -0.4 is 21.3 Å². The highest BCUT2D eigenvalue weighted by atomic mass is 16.3. The molecule has 176 valence electrons. The van der Waals surface area contributed by atoms with Gasteiger partial charge in [0, 0.05) is 36.5 Å². The largest absolute Gasteiger partial charge is 0.394 e. The number of piperidine rings is 2. The molecule has 0 atom stereocenters. The third-order valence-corrected chi connectivity index (χ3v) is 6.07. The van der Waals surface area contributed by atoms with Gasteiger partial charge in [0.2, 0.25) is 5.91 Å². The van der Waals surface area contributed by atoms with Crippen molar-refractivity contribution in [2.24, 2.45) is 16.5 Å². The molecule has 0 aromatic heterocycles. The third-order valence-electron chi connectivity index (χ3n) is 6.07. The molecule has 2 aliphatic rings. The minimum Gasteiger partial charge on any atom is -0.394 e. The lowest BCUT2D eigenvalue weighted by atomic mass is 9.97. The topological polar surface area (TPSA) is 142 Å². The van der Waals surface area contributed by atoms with E-state index >= 15 is 0 Å². The molecular weight excluding hydrogens is 434 g/mol. The lowest BCUT2D eigenvalue weighted by molar-refractivity contribution is -0.119. The van der Waals surface area contributed by atoms with Gasteiger partial charge in [0.05, 0.1) is 12.3 Å². The maximum absolute atomic E-state index is 13.5. The fourth-order valence-electron chi connectivity index (χ4n) is 4.17. The zero-order valence-electron chi connectivity index (χ0n) is 18.7. The van der Waals surface area contributed by atoms with E-state index in [1.807, 2.05) is 12.1 Å². The number of nitrogens with two attached hydrogens (primary N) is 2. The summed E-state index contributed by atoms with van der Waals surface area (Å²) in [7, 11) is 0. The third kappa shape index (κ3) is 4.69. The number of aliphatic hydroxyl groups excluding tert-OH is 1. The zero-order chi connectivity index (χ0) is 24.2. The lowest BCUT2D eigenvalue weighted by Gasteiger charge is -2.31. The maximum Gasteiger partial charge on any atom is 0.277 e. The van der Waals surface area contributed by atoms with Gasteiger partial charge in [-0.15, -0.1) is 0 Å². The van der Waals surface area contributed by atoms with E-state index in [1.165, 1.54) is 0 Å². The van der Waals surface area contributed by atoms with Gasteiger partial charge in [-0.25, -0.2) is 4.99 Å². The predicted molar refractivity (Wildman–Crippen MR) is 129 cm³/mol. The number of carbonyl (C=O) groups is 3. The smallest absolute Gasteiger partial charge is 0.277 e. The fourth-order valence-corrected chi connectivity index (χ4v) is 4.17. The Balaban J connectivity index is 1.66. The number of nitrogens with zero attached hydrogens (tertiary/aromatic N) is 3. The summed E-state index contributed by atoms with van der Waals surface area (Å²) in [5.74, 6) is -1.11. The Morgan fingerprint density at radius 2 is 1.53 bits per heavy atom. The molecule has 0 radical (unpaired) electrons. The first-order valence-corrected chi connectivity index (χ1v) is 11.2. The number of amides is 3. The zero-order valence-corrected chi connectivity index (χ0v) is 18.7. The minimum absolute atomic E-state index is 0.0505. The number of primary amides is 1. The number of carbonyl (C=O) groups excluding carboxylic acids is 3. The van der Waals surface area contributed by atoms with Gasteiger partial charge < -0.3 is 26.4 Å². The van der Waals surface area contributed by atoms with Crippen molar-refractivity contribution < 1.29 is 19.5 Å². The second-order valence-corrected chi connectivity index (χ2v) is 8.27. The van der Waals surface area contributed by atoms with Gasteiger partial charge in [0.15, 0.2) is 0 Å². The van der Waals surface area contributed by atoms with Gasteiger partial charge in [0.25, 0.3) is 11.8 Å². The van der Waals surface area contributed by atoms with Crippen molar-refractivity contribution in [2.45, 2.75) is 32.3 Å². The molecule has 34 heavy (non-hydrogen) atoms. The number of anilines is 2. The summed E-state index contributed by atoms with van der Waals surface area (Å²) in [6.07, 6.45) is 2.72. The van der Waals surface area contributed by atoms with Crippen LogP contribution in [-0.2, 0) is 21.0 Å². The SMILES string of the molecule is NC(=O)C(N)=C1CCN(c2ccc(N3CCCCC3=O)cc2)C(=O)C1=Nc1ccc(CO)cc1. The van der Waals surface area contributed by atoms with E-state index in [-0.39, 0.29) is 23.9 Å². The maximum atomic E-state index is 13.5. The standard InChI is InChI=1S/C25H27N5O4/c26-22(24(27)33)20-12-14-30(25(34)23(20)28-17-6-4-16(15-31)5-7-17)19-10-8-18(9-11-19)29-13-2-1-3-21(29)32/h4-11,31H,1-3,12-15,26H2,(H2,27,33). The van der Waals surface area contributed by atoms with Crippen LogP contribution in [0, 0.1) is 0 Å². The highest BCUT2D eigenvalue weighted by Crippen LogP contribution is 2.29. The highest BCUT2D eigenvalue weighted by Gasteiger charge is 2.32. The molecule has 5 N–H and O–H groups in total. The molecule has 2 fully saturated rings. The highest BCUT2D eigenvalue weighted by molar-refractivity contribution is 6.51. The van der Waals surface area contributed by atoms with E-state index < -0.39 is 11.8 Å². The van der Waals surface area contributed by atoms with Crippen molar-refractivity contribution in [3.05, 3.63) is 65.4 Å².